The average molecular weight is 291 g/mol. The number of aliphatic carboxylic acids is 1. The van der Waals surface area contributed by atoms with E-state index in [0.717, 1.165) is 19.3 Å². The summed E-state index contributed by atoms with van der Waals surface area (Å²) >= 11 is 0. The molecule has 0 unspecified atom stereocenters. The van der Waals surface area contributed by atoms with Crippen LogP contribution in [-0.4, -0.2) is 41.6 Å². The molecule has 2 rings (SSSR count). The number of benzene rings is 1. The molecule has 5 nitrogen and oxygen atoms in total. The number of hydrogen-bond acceptors (Lipinski definition) is 3. The molecule has 1 amide bonds. The lowest BCUT2D eigenvalue weighted by atomic mass is 10.1. The number of carboxylic acids is 1. The van der Waals surface area contributed by atoms with E-state index in [1.807, 2.05) is 25.1 Å². The summed E-state index contributed by atoms with van der Waals surface area (Å²) in [6, 6.07) is 5.90. The molecule has 1 aromatic rings. The quantitative estimate of drug-likeness (QED) is 0.833. The molecule has 21 heavy (non-hydrogen) atoms. The molecule has 0 aromatic heterocycles. The first-order valence-electron chi connectivity index (χ1n) is 7.34. The van der Waals surface area contributed by atoms with Gasteiger partial charge in [-0.3, -0.25) is 9.59 Å². The van der Waals surface area contributed by atoms with Gasteiger partial charge in [0.25, 0.3) is 5.91 Å². The molecule has 0 saturated heterocycles. The van der Waals surface area contributed by atoms with Crippen molar-refractivity contribution in [3.05, 3.63) is 29.3 Å². The van der Waals surface area contributed by atoms with Crippen LogP contribution >= 0.6 is 0 Å². The number of hydrogen-bond donors (Lipinski definition) is 1. The second-order valence-electron chi connectivity index (χ2n) is 5.28. The monoisotopic (exact) mass is 291 g/mol. The molecule has 0 heterocycles. The Morgan fingerprint density at radius 1 is 1.29 bits per heavy atom. The van der Waals surface area contributed by atoms with Crippen molar-refractivity contribution in [2.24, 2.45) is 0 Å². The van der Waals surface area contributed by atoms with Crippen LogP contribution in [0.15, 0.2) is 18.2 Å². The Morgan fingerprint density at radius 2 is 2.05 bits per heavy atom. The summed E-state index contributed by atoms with van der Waals surface area (Å²) in [5, 5.41) is 8.82. The van der Waals surface area contributed by atoms with Crippen LogP contribution in [0.3, 0.4) is 0 Å². The third kappa shape index (κ3) is 4.21. The lowest BCUT2D eigenvalue weighted by molar-refractivity contribution is -0.145. The van der Waals surface area contributed by atoms with E-state index in [0.29, 0.717) is 12.3 Å². The van der Waals surface area contributed by atoms with E-state index in [1.165, 1.54) is 22.4 Å². The van der Waals surface area contributed by atoms with Gasteiger partial charge in [-0.2, -0.15) is 0 Å². The van der Waals surface area contributed by atoms with Crippen molar-refractivity contribution >= 4 is 11.9 Å². The minimum absolute atomic E-state index is 0.119. The van der Waals surface area contributed by atoms with Gasteiger partial charge in [0.15, 0.2) is 6.61 Å². The second-order valence-corrected chi connectivity index (χ2v) is 5.28. The van der Waals surface area contributed by atoms with Crippen LogP contribution in [0.5, 0.6) is 5.75 Å². The van der Waals surface area contributed by atoms with Gasteiger partial charge in [0.2, 0.25) is 0 Å². The van der Waals surface area contributed by atoms with Gasteiger partial charge in [-0.15, -0.1) is 0 Å². The zero-order valence-corrected chi connectivity index (χ0v) is 12.3. The number of fused-ring (bicyclic) bond motifs is 1. The lowest BCUT2D eigenvalue weighted by Gasteiger charge is -2.20. The molecule has 0 spiro atoms. The molecule has 114 valence electrons. The van der Waals surface area contributed by atoms with Crippen LogP contribution in [0.1, 0.15) is 30.9 Å². The molecule has 0 atom stereocenters. The normalized spacial score (nSPS) is 12.8. The molecular formula is C16H21NO4. The van der Waals surface area contributed by atoms with Gasteiger partial charge in [0, 0.05) is 6.54 Å². The Morgan fingerprint density at radius 3 is 2.76 bits per heavy atom. The zero-order chi connectivity index (χ0) is 15.2. The smallest absolute Gasteiger partial charge is 0.323 e. The number of carbonyl (C=O) groups is 2. The van der Waals surface area contributed by atoms with Crippen molar-refractivity contribution in [1.29, 1.82) is 0 Å². The summed E-state index contributed by atoms with van der Waals surface area (Å²) in [5.74, 6) is -0.621. The molecule has 0 aliphatic heterocycles. The molecule has 0 bridgehead atoms. The van der Waals surface area contributed by atoms with Crippen molar-refractivity contribution in [1.82, 2.24) is 4.90 Å². The third-order valence-electron chi connectivity index (χ3n) is 3.60. The van der Waals surface area contributed by atoms with E-state index < -0.39 is 5.97 Å². The van der Waals surface area contributed by atoms with E-state index in [4.69, 9.17) is 9.84 Å². The number of aryl methyl sites for hydroxylation is 2. The van der Waals surface area contributed by atoms with Gasteiger partial charge in [0.05, 0.1) is 0 Å². The van der Waals surface area contributed by atoms with E-state index in [2.05, 4.69) is 0 Å². The maximum absolute atomic E-state index is 12.0. The van der Waals surface area contributed by atoms with Crippen LogP contribution in [0.2, 0.25) is 0 Å². The minimum Gasteiger partial charge on any atom is -0.484 e. The van der Waals surface area contributed by atoms with Gasteiger partial charge < -0.3 is 14.7 Å². The molecule has 5 heteroatoms. The van der Waals surface area contributed by atoms with Crippen LogP contribution in [0.25, 0.3) is 0 Å². The van der Waals surface area contributed by atoms with E-state index in [1.54, 1.807) is 0 Å². The van der Waals surface area contributed by atoms with Crippen LogP contribution in [-0.2, 0) is 22.4 Å². The van der Waals surface area contributed by atoms with Gasteiger partial charge in [-0.05, 0) is 48.9 Å². The Kier molecular flexibility index (Phi) is 5.20. The van der Waals surface area contributed by atoms with Crippen molar-refractivity contribution in [2.75, 3.05) is 19.7 Å². The Labute approximate surface area is 124 Å². The molecule has 1 aliphatic rings. The molecule has 1 aromatic carbocycles. The topological polar surface area (TPSA) is 66.8 Å². The van der Waals surface area contributed by atoms with Gasteiger partial charge in [-0.1, -0.05) is 13.0 Å². The van der Waals surface area contributed by atoms with Gasteiger partial charge in [-0.25, -0.2) is 0 Å². The predicted molar refractivity (Wildman–Crippen MR) is 78.5 cm³/mol. The number of nitrogens with zero attached hydrogens (tertiary/aromatic N) is 1. The molecule has 0 saturated carbocycles. The maximum Gasteiger partial charge on any atom is 0.323 e. The highest BCUT2D eigenvalue weighted by atomic mass is 16.5. The number of amides is 1. The first-order valence-corrected chi connectivity index (χ1v) is 7.34. The van der Waals surface area contributed by atoms with E-state index >= 15 is 0 Å². The largest absolute Gasteiger partial charge is 0.484 e. The van der Waals surface area contributed by atoms with Crippen molar-refractivity contribution < 1.29 is 19.4 Å². The van der Waals surface area contributed by atoms with E-state index in [-0.39, 0.29) is 19.1 Å². The highest BCUT2D eigenvalue weighted by Gasteiger charge is 2.17. The third-order valence-corrected chi connectivity index (χ3v) is 3.60. The average Bonchev–Trinajstić information content (AvgIpc) is 2.91. The molecule has 0 fully saturated rings. The minimum atomic E-state index is -1.01. The van der Waals surface area contributed by atoms with Gasteiger partial charge >= 0.3 is 5.97 Å². The zero-order valence-electron chi connectivity index (χ0n) is 12.3. The fourth-order valence-electron chi connectivity index (χ4n) is 2.60. The van der Waals surface area contributed by atoms with Crippen molar-refractivity contribution in [3.8, 4) is 5.75 Å². The summed E-state index contributed by atoms with van der Waals surface area (Å²) in [4.78, 5) is 24.1. The second kappa shape index (κ2) is 7.11. The summed E-state index contributed by atoms with van der Waals surface area (Å²) < 4.78 is 5.52. The summed E-state index contributed by atoms with van der Waals surface area (Å²) in [6.07, 6.45) is 4.05. The lowest BCUT2D eigenvalue weighted by Crippen LogP contribution is -2.39. The van der Waals surface area contributed by atoms with Crippen molar-refractivity contribution in [2.45, 2.75) is 32.6 Å². The summed E-state index contributed by atoms with van der Waals surface area (Å²) in [7, 11) is 0. The Bertz CT molecular complexity index is 527. The Hall–Kier alpha value is -2.04. The first-order chi connectivity index (χ1) is 10.1. The van der Waals surface area contributed by atoms with Crippen LogP contribution < -0.4 is 4.74 Å². The number of carbonyl (C=O) groups excluding carboxylic acids is 1. The standard InChI is InChI=1S/C16H21NO4/c1-2-8-17(10-16(19)20)15(18)11-21-14-7-6-12-4-3-5-13(12)9-14/h6-7,9H,2-5,8,10-11H2,1H3,(H,19,20). The molecule has 1 aliphatic carbocycles. The van der Waals surface area contributed by atoms with Crippen LogP contribution in [0, 0.1) is 0 Å². The first kappa shape index (κ1) is 15.4. The van der Waals surface area contributed by atoms with E-state index in [9.17, 15) is 9.59 Å². The van der Waals surface area contributed by atoms with Gasteiger partial charge in [0.1, 0.15) is 12.3 Å². The van der Waals surface area contributed by atoms with Crippen LogP contribution in [0.4, 0.5) is 0 Å². The van der Waals surface area contributed by atoms with Crippen molar-refractivity contribution in [3.63, 3.8) is 0 Å². The molecule has 1 N–H and O–H groups in total. The highest BCUT2D eigenvalue weighted by molar-refractivity contribution is 5.82. The Balaban J connectivity index is 1.91. The summed E-state index contributed by atoms with van der Waals surface area (Å²) in [5.41, 5.74) is 2.64. The molecular weight excluding hydrogens is 270 g/mol. The fourth-order valence-corrected chi connectivity index (χ4v) is 2.60. The maximum atomic E-state index is 12.0. The predicted octanol–water partition coefficient (Wildman–Crippen LogP) is 1.88. The number of rotatable bonds is 7. The summed E-state index contributed by atoms with van der Waals surface area (Å²) in [6.45, 7) is 1.94. The number of carboxylic acid groups (broad SMARTS) is 1. The fraction of sp³-hybridized carbons (Fsp3) is 0.500. The molecule has 0 radical (unpaired) electrons. The SMILES string of the molecule is CCCN(CC(=O)O)C(=O)COc1ccc2c(c1)CCC2. The number of ether oxygens (including phenoxy) is 1. The highest BCUT2D eigenvalue weighted by Crippen LogP contribution is 2.25.